The monoisotopic (exact) mass is 355 g/mol. The predicted octanol–water partition coefficient (Wildman–Crippen LogP) is 1.78. The zero-order chi connectivity index (χ0) is 15.9. The number of phenolic OH excluding ortho intramolecular Hbond substituents is 1. The van der Waals surface area contributed by atoms with E-state index in [2.05, 4.69) is 0 Å². The molecule has 22 heavy (non-hydrogen) atoms. The van der Waals surface area contributed by atoms with E-state index in [-0.39, 0.29) is 29.2 Å². The molecule has 2 fully saturated rings. The molecule has 0 spiro atoms. The number of phenols is 1. The third kappa shape index (κ3) is 3.04. The van der Waals surface area contributed by atoms with Crippen LogP contribution >= 0.6 is 24.0 Å². The summed E-state index contributed by atoms with van der Waals surface area (Å²) in [4.78, 5) is 14.4. The highest BCUT2D eigenvalue weighted by molar-refractivity contribution is 8.26. The van der Waals surface area contributed by atoms with Gasteiger partial charge in [0.25, 0.3) is 5.91 Å². The molecule has 0 unspecified atom stereocenters. The summed E-state index contributed by atoms with van der Waals surface area (Å²) in [5.74, 6) is -0.0781. The third-order valence-corrected chi connectivity index (χ3v) is 6.65. The summed E-state index contributed by atoms with van der Waals surface area (Å²) in [5.41, 5.74) is 0.694. The second-order valence-electron chi connectivity index (χ2n) is 5.20. The number of thioether (sulfide) groups is 1. The maximum atomic E-state index is 12.5. The van der Waals surface area contributed by atoms with E-state index in [1.54, 1.807) is 30.3 Å². The van der Waals surface area contributed by atoms with Crippen molar-refractivity contribution in [3.8, 4) is 5.75 Å². The molecule has 0 saturated carbocycles. The van der Waals surface area contributed by atoms with E-state index in [4.69, 9.17) is 12.2 Å². The first-order valence-electron chi connectivity index (χ1n) is 6.62. The fraction of sp³-hybridized carbons (Fsp3) is 0.286. The van der Waals surface area contributed by atoms with E-state index in [9.17, 15) is 18.3 Å². The molecule has 2 saturated heterocycles. The summed E-state index contributed by atoms with van der Waals surface area (Å²) in [6.07, 6.45) is 2.08. The molecule has 0 aromatic heterocycles. The lowest BCUT2D eigenvalue weighted by molar-refractivity contribution is -0.123. The van der Waals surface area contributed by atoms with Crippen molar-refractivity contribution in [3.05, 3.63) is 34.7 Å². The average molecular weight is 355 g/mol. The number of rotatable bonds is 2. The minimum Gasteiger partial charge on any atom is -0.508 e. The van der Waals surface area contributed by atoms with Gasteiger partial charge in [-0.05, 0) is 30.2 Å². The van der Waals surface area contributed by atoms with Gasteiger partial charge in [0, 0.05) is 0 Å². The Morgan fingerprint density at radius 2 is 2.18 bits per heavy atom. The average Bonchev–Trinajstić information content (AvgIpc) is 2.90. The smallest absolute Gasteiger partial charge is 0.266 e. The van der Waals surface area contributed by atoms with Crippen molar-refractivity contribution in [2.45, 2.75) is 12.5 Å². The van der Waals surface area contributed by atoms with Crippen LogP contribution in [0, 0.1) is 0 Å². The Balaban J connectivity index is 1.86. The number of carbonyl (C=O) groups is 1. The van der Waals surface area contributed by atoms with Crippen LogP contribution in [0.5, 0.6) is 5.75 Å². The number of hydrogen-bond acceptors (Lipinski definition) is 6. The molecule has 5 nitrogen and oxygen atoms in total. The molecule has 2 heterocycles. The SMILES string of the molecule is O=C1/C(=C\c2cccc(O)c2)SC(=S)N1[C@H]1CCS(=O)(=O)C1. The first kappa shape index (κ1) is 15.5. The van der Waals surface area contributed by atoms with Crippen LogP contribution in [-0.4, -0.2) is 46.2 Å². The zero-order valence-electron chi connectivity index (χ0n) is 11.4. The Labute approximate surface area is 137 Å². The molecule has 0 bridgehead atoms. The second-order valence-corrected chi connectivity index (χ2v) is 9.11. The van der Waals surface area contributed by atoms with Crippen LogP contribution in [0.4, 0.5) is 0 Å². The number of carbonyl (C=O) groups excluding carboxylic acids is 1. The molecule has 1 N–H and O–H groups in total. The minimum absolute atomic E-state index is 0.0289. The standard InChI is InChI=1S/C14H13NO4S3/c16-11-3-1-2-9(6-11)7-12-13(17)15(14(20)21-12)10-4-5-22(18,19)8-10/h1-3,6-7,10,16H,4-5,8H2/b12-7+/t10-/m0/s1. The van der Waals surface area contributed by atoms with E-state index < -0.39 is 9.84 Å². The predicted molar refractivity (Wildman–Crippen MR) is 90.2 cm³/mol. The van der Waals surface area contributed by atoms with E-state index in [1.807, 2.05) is 0 Å². The van der Waals surface area contributed by atoms with Crippen molar-refractivity contribution in [2.75, 3.05) is 11.5 Å². The fourth-order valence-corrected chi connectivity index (χ4v) is 5.64. The highest BCUT2D eigenvalue weighted by Gasteiger charge is 2.42. The third-order valence-electron chi connectivity index (χ3n) is 3.57. The van der Waals surface area contributed by atoms with Gasteiger partial charge in [0.05, 0.1) is 22.5 Å². The Hall–Kier alpha value is -1.38. The van der Waals surface area contributed by atoms with Crippen molar-refractivity contribution >= 4 is 50.1 Å². The van der Waals surface area contributed by atoms with Crippen molar-refractivity contribution in [2.24, 2.45) is 0 Å². The summed E-state index contributed by atoms with van der Waals surface area (Å²) >= 11 is 6.39. The van der Waals surface area contributed by atoms with Gasteiger partial charge in [-0.25, -0.2) is 8.42 Å². The van der Waals surface area contributed by atoms with Crippen LogP contribution in [0.25, 0.3) is 6.08 Å². The Morgan fingerprint density at radius 1 is 1.41 bits per heavy atom. The van der Waals surface area contributed by atoms with E-state index in [1.165, 1.54) is 4.90 Å². The topological polar surface area (TPSA) is 74.7 Å². The van der Waals surface area contributed by atoms with Crippen molar-refractivity contribution < 1.29 is 18.3 Å². The Kier molecular flexibility index (Phi) is 4.00. The number of amides is 1. The van der Waals surface area contributed by atoms with Crippen molar-refractivity contribution in [1.29, 1.82) is 0 Å². The van der Waals surface area contributed by atoms with E-state index >= 15 is 0 Å². The van der Waals surface area contributed by atoms with Gasteiger partial charge in [-0.3, -0.25) is 9.69 Å². The molecule has 0 aliphatic carbocycles. The number of sulfone groups is 1. The maximum Gasteiger partial charge on any atom is 0.266 e. The molecule has 0 radical (unpaired) electrons. The molecule has 1 aromatic carbocycles. The van der Waals surface area contributed by atoms with E-state index in [0.29, 0.717) is 21.2 Å². The van der Waals surface area contributed by atoms with Gasteiger partial charge >= 0.3 is 0 Å². The second kappa shape index (κ2) is 5.68. The van der Waals surface area contributed by atoms with Crippen LogP contribution in [0.15, 0.2) is 29.2 Å². The van der Waals surface area contributed by atoms with Gasteiger partial charge in [-0.15, -0.1) is 0 Å². The maximum absolute atomic E-state index is 12.5. The largest absolute Gasteiger partial charge is 0.508 e. The highest BCUT2D eigenvalue weighted by Crippen LogP contribution is 2.36. The van der Waals surface area contributed by atoms with Gasteiger partial charge in [0.2, 0.25) is 0 Å². The van der Waals surface area contributed by atoms with Crippen molar-refractivity contribution in [3.63, 3.8) is 0 Å². The van der Waals surface area contributed by atoms with Crippen LogP contribution < -0.4 is 0 Å². The Bertz CT molecular complexity index is 785. The lowest BCUT2D eigenvalue weighted by Crippen LogP contribution is -2.39. The van der Waals surface area contributed by atoms with Crippen LogP contribution in [0.3, 0.4) is 0 Å². The molecule has 1 atom stereocenters. The van der Waals surface area contributed by atoms with Gasteiger partial charge in [0.15, 0.2) is 9.84 Å². The van der Waals surface area contributed by atoms with Crippen molar-refractivity contribution in [1.82, 2.24) is 4.90 Å². The molecular formula is C14H13NO4S3. The summed E-state index contributed by atoms with van der Waals surface area (Å²) in [7, 11) is -3.08. The molecule has 2 aliphatic rings. The molecule has 116 valence electrons. The zero-order valence-corrected chi connectivity index (χ0v) is 13.9. The summed E-state index contributed by atoms with van der Waals surface area (Å²) in [5, 5.41) is 9.46. The summed E-state index contributed by atoms with van der Waals surface area (Å²) in [6.45, 7) is 0. The summed E-state index contributed by atoms with van der Waals surface area (Å²) in [6, 6.07) is 6.18. The highest BCUT2D eigenvalue weighted by atomic mass is 32.2. The Morgan fingerprint density at radius 3 is 2.82 bits per heavy atom. The minimum atomic E-state index is -3.08. The lowest BCUT2D eigenvalue weighted by Gasteiger charge is -2.20. The summed E-state index contributed by atoms with van der Waals surface area (Å²) < 4.78 is 23.6. The van der Waals surface area contributed by atoms with Gasteiger partial charge < -0.3 is 5.11 Å². The normalized spacial score (nSPS) is 26.1. The van der Waals surface area contributed by atoms with E-state index in [0.717, 1.165) is 11.8 Å². The van der Waals surface area contributed by atoms with Crippen LogP contribution in [0.2, 0.25) is 0 Å². The molecule has 8 heteroatoms. The number of aromatic hydroxyl groups is 1. The van der Waals surface area contributed by atoms with Gasteiger partial charge in [0.1, 0.15) is 10.1 Å². The molecule has 3 rings (SSSR count). The van der Waals surface area contributed by atoms with Crippen LogP contribution in [0.1, 0.15) is 12.0 Å². The molecule has 1 amide bonds. The number of benzene rings is 1. The van der Waals surface area contributed by atoms with Gasteiger partial charge in [-0.1, -0.05) is 36.1 Å². The quantitative estimate of drug-likeness (QED) is 0.644. The molecule has 2 aliphatic heterocycles. The first-order chi connectivity index (χ1) is 10.4. The fourth-order valence-electron chi connectivity index (χ4n) is 2.54. The van der Waals surface area contributed by atoms with Crippen LogP contribution in [-0.2, 0) is 14.6 Å². The lowest BCUT2D eigenvalue weighted by atomic mass is 10.2. The van der Waals surface area contributed by atoms with Gasteiger partial charge in [-0.2, -0.15) is 0 Å². The molecular weight excluding hydrogens is 342 g/mol. The number of thiocarbonyl (C=S) groups is 1. The first-order valence-corrected chi connectivity index (χ1v) is 9.67. The molecule has 1 aromatic rings. The number of nitrogens with zero attached hydrogens (tertiary/aromatic N) is 1. The number of hydrogen-bond donors (Lipinski definition) is 1.